The maximum Gasteiger partial charge on any atom is 0.335 e. The van der Waals surface area contributed by atoms with E-state index in [0.717, 1.165) is 6.07 Å². The van der Waals surface area contributed by atoms with Crippen molar-refractivity contribution < 1.29 is 28.6 Å². The first-order chi connectivity index (χ1) is 9.54. The molecule has 0 aliphatic heterocycles. The van der Waals surface area contributed by atoms with Gasteiger partial charge in [-0.05, 0) is 24.6 Å². The Kier molecular flexibility index (Phi) is 6.45. The number of amides is 1. The van der Waals surface area contributed by atoms with Crippen LogP contribution in [0.2, 0.25) is 0 Å². The monoisotopic (exact) mass is 285 g/mol. The predicted octanol–water partition coefficient (Wildman–Crippen LogP) is 1.06. The fourth-order valence-corrected chi connectivity index (χ4v) is 1.39. The summed E-state index contributed by atoms with van der Waals surface area (Å²) in [6.07, 6.45) is 0.671. The van der Waals surface area contributed by atoms with Gasteiger partial charge in [0.2, 0.25) is 0 Å². The van der Waals surface area contributed by atoms with Gasteiger partial charge in [-0.3, -0.25) is 4.79 Å². The summed E-state index contributed by atoms with van der Waals surface area (Å²) in [5, 5.41) is 11.3. The zero-order chi connectivity index (χ0) is 15.0. The van der Waals surface area contributed by atoms with E-state index < -0.39 is 11.8 Å². The van der Waals surface area contributed by atoms with E-state index in [-0.39, 0.29) is 23.8 Å². The number of nitrogens with one attached hydrogen (secondary N) is 1. The molecule has 0 saturated heterocycles. The van der Waals surface area contributed by atoms with Crippen molar-refractivity contribution in [2.75, 3.05) is 26.9 Å². The third-order valence-corrected chi connectivity index (χ3v) is 2.39. The van der Waals surface area contributed by atoms with Crippen molar-refractivity contribution in [2.45, 2.75) is 6.42 Å². The third kappa shape index (κ3) is 5.23. The molecule has 1 rings (SSSR count). The number of rotatable bonds is 8. The number of ether oxygens (including phenoxy) is 2. The fourth-order valence-electron chi connectivity index (χ4n) is 1.39. The van der Waals surface area contributed by atoms with Gasteiger partial charge in [0, 0.05) is 20.3 Å². The molecule has 1 aromatic carbocycles. The highest BCUT2D eigenvalue weighted by Crippen LogP contribution is 2.18. The topological polar surface area (TPSA) is 84.9 Å². The molecule has 0 saturated carbocycles. The Bertz CT molecular complexity index is 478. The lowest BCUT2D eigenvalue weighted by Gasteiger charge is -2.08. The molecule has 1 amide bonds. The van der Waals surface area contributed by atoms with Crippen LogP contribution in [0.1, 0.15) is 16.8 Å². The molecule has 0 atom stereocenters. The predicted molar refractivity (Wildman–Crippen MR) is 68.4 cm³/mol. The van der Waals surface area contributed by atoms with Gasteiger partial charge in [-0.2, -0.15) is 0 Å². The zero-order valence-corrected chi connectivity index (χ0v) is 11.0. The van der Waals surface area contributed by atoms with E-state index in [0.29, 0.717) is 19.6 Å². The fraction of sp³-hybridized carbons (Fsp3) is 0.385. The highest BCUT2D eigenvalue weighted by atomic mass is 19.1. The molecule has 0 aromatic heterocycles. The number of hydrogen-bond acceptors (Lipinski definition) is 4. The molecular weight excluding hydrogens is 269 g/mol. The summed E-state index contributed by atoms with van der Waals surface area (Å²) in [5.41, 5.74) is -0.182. The van der Waals surface area contributed by atoms with E-state index in [2.05, 4.69) is 5.32 Å². The number of methoxy groups -OCH3 is 1. The van der Waals surface area contributed by atoms with Crippen LogP contribution < -0.4 is 10.1 Å². The van der Waals surface area contributed by atoms with Crippen LogP contribution >= 0.6 is 0 Å². The maximum absolute atomic E-state index is 13.5. The van der Waals surface area contributed by atoms with Crippen LogP contribution in [0, 0.1) is 5.82 Å². The molecular formula is C13H16FNO5. The van der Waals surface area contributed by atoms with Crippen molar-refractivity contribution in [1.82, 2.24) is 5.32 Å². The summed E-state index contributed by atoms with van der Waals surface area (Å²) in [6.45, 7) is 0.638. The molecule has 110 valence electrons. The Labute approximate surface area is 115 Å². The first-order valence-electron chi connectivity index (χ1n) is 5.96. The van der Waals surface area contributed by atoms with Gasteiger partial charge in [-0.1, -0.05) is 0 Å². The Morgan fingerprint density at radius 1 is 1.40 bits per heavy atom. The molecule has 0 fully saturated rings. The highest BCUT2D eigenvalue weighted by Gasteiger charge is 2.10. The van der Waals surface area contributed by atoms with Crippen molar-refractivity contribution in [3.63, 3.8) is 0 Å². The zero-order valence-electron chi connectivity index (χ0n) is 11.0. The van der Waals surface area contributed by atoms with Crippen LogP contribution in [0.5, 0.6) is 5.75 Å². The second-order valence-electron chi connectivity index (χ2n) is 3.94. The van der Waals surface area contributed by atoms with E-state index in [1.807, 2.05) is 0 Å². The lowest BCUT2D eigenvalue weighted by molar-refractivity contribution is -0.123. The van der Waals surface area contributed by atoms with Crippen molar-refractivity contribution in [1.29, 1.82) is 0 Å². The first-order valence-corrected chi connectivity index (χ1v) is 5.96. The number of benzene rings is 1. The lowest BCUT2D eigenvalue weighted by Crippen LogP contribution is -2.30. The van der Waals surface area contributed by atoms with Gasteiger partial charge >= 0.3 is 5.97 Å². The average molecular weight is 285 g/mol. The second kappa shape index (κ2) is 8.11. The van der Waals surface area contributed by atoms with E-state index in [9.17, 15) is 14.0 Å². The quantitative estimate of drug-likeness (QED) is 0.697. The highest BCUT2D eigenvalue weighted by molar-refractivity contribution is 5.87. The lowest BCUT2D eigenvalue weighted by atomic mass is 10.2. The molecule has 0 aliphatic carbocycles. The van der Waals surface area contributed by atoms with Gasteiger partial charge < -0.3 is 19.9 Å². The van der Waals surface area contributed by atoms with Gasteiger partial charge in [0.05, 0.1) is 5.56 Å². The summed E-state index contributed by atoms with van der Waals surface area (Å²) in [7, 11) is 1.56. The summed E-state index contributed by atoms with van der Waals surface area (Å²) >= 11 is 0. The van der Waals surface area contributed by atoms with Crippen LogP contribution in [0.25, 0.3) is 0 Å². The number of carbonyl (C=O) groups is 2. The number of carbonyl (C=O) groups excluding carboxylic acids is 1. The molecule has 6 nitrogen and oxygen atoms in total. The first kappa shape index (κ1) is 15.9. The van der Waals surface area contributed by atoms with Crippen LogP contribution in [-0.4, -0.2) is 43.9 Å². The summed E-state index contributed by atoms with van der Waals surface area (Å²) in [4.78, 5) is 22.0. The van der Waals surface area contributed by atoms with Gasteiger partial charge in [-0.15, -0.1) is 0 Å². The number of carboxylic acid groups (broad SMARTS) is 1. The summed E-state index contributed by atoms with van der Waals surface area (Å²) < 4.78 is 23.3. The molecule has 20 heavy (non-hydrogen) atoms. The van der Waals surface area contributed by atoms with Crippen LogP contribution in [0.3, 0.4) is 0 Å². The number of aromatic carboxylic acids is 1. The Morgan fingerprint density at radius 2 is 2.15 bits per heavy atom. The molecule has 2 N–H and O–H groups in total. The molecule has 0 aliphatic rings. The SMILES string of the molecule is COCCCNC(=O)COc1ccc(C(=O)O)cc1F. The van der Waals surface area contributed by atoms with E-state index in [4.69, 9.17) is 14.6 Å². The van der Waals surface area contributed by atoms with E-state index in [1.54, 1.807) is 7.11 Å². The van der Waals surface area contributed by atoms with Crippen molar-refractivity contribution in [3.05, 3.63) is 29.6 Å². The molecule has 7 heteroatoms. The maximum atomic E-state index is 13.5. The molecule has 0 heterocycles. The third-order valence-electron chi connectivity index (χ3n) is 2.39. The normalized spacial score (nSPS) is 10.1. The van der Waals surface area contributed by atoms with E-state index >= 15 is 0 Å². The van der Waals surface area contributed by atoms with Crippen molar-refractivity contribution in [2.24, 2.45) is 0 Å². The summed E-state index contributed by atoms with van der Waals surface area (Å²) in [5.74, 6) is -2.60. The van der Waals surface area contributed by atoms with Gasteiger partial charge in [0.15, 0.2) is 18.2 Å². The molecule has 0 bridgehead atoms. The second-order valence-corrected chi connectivity index (χ2v) is 3.94. The van der Waals surface area contributed by atoms with Crippen molar-refractivity contribution in [3.8, 4) is 5.75 Å². The average Bonchev–Trinajstić information content (AvgIpc) is 2.42. The molecule has 0 radical (unpaired) electrons. The van der Waals surface area contributed by atoms with E-state index in [1.165, 1.54) is 12.1 Å². The van der Waals surface area contributed by atoms with Gasteiger partial charge in [-0.25, -0.2) is 9.18 Å². The molecule has 0 spiro atoms. The van der Waals surface area contributed by atoms with Crippen LogP contribution in [0.15, 0.2) is 18.2 Å². The molecule has 0 unspecified atom stereocenters. The minimum absolute atomic E-state index is 0.165. The molecule has 1 aromatic rings. The van der Waals surface area contributed by atoms with Crippen LogP contribution in [-0.2, 0) is 9.53 Å². The smallest absolute Gasteiger partial charge is 0.335 e. The number of halogens is 1. The largest absolute Gasteiger partial charge is 0.481 e. The van der Waals surface area contributed by atoms with Gasteiger partial charge in [0.1, 0.15) is 0 Å². The van der Waals surface area contributed by atoms with Crippen LogP contribution in [0.4, 0.5) is 4.39 Å². The number of hydrogen-bond donors (Lipinski definition) is 2. The van der Waals surface area contributed by atoms with Gasteiger partial charge in [0.25, 0.3) is 5.91 Å². The Balaban J connectivity index is 2.41. The minimum atomic E-state index is -1.23. The Hall–Kier alpha value is -2.15. The summed E-state index contributed by atoms with van der Waals surface area (Å²) in [6, 6.07) is 3.22. The Morgan fingerprint density at radius 3 is 2.75 bits per heavy atom. The number of carboxylic acids is 1. The standard InChI is InChI=1S/C13H16FNO5/c1-19-6-2-5-15-12(16)8-20-11-4-3-9(13(17)18)7-10(11)14/h3-4,7H,2,5-6,8H2,1H3,(H,15,16)(H,17,18). The minimum Gasteiger partial charge on any atom is -0.481 e. The van der Waals surface area contributed by atoms with Crippen molar-refractivity contribution >= 4 is 11.9 Å².